The zero-order valence-corrected chi connectivity index (χ0v) is 22.2. The Morgan fingerprint density at radius 2 is 1.95 bits per heavy atom. The van der Waals surface area contributed by atoms with Gasteiger partial charge in [-0.15, -0.1) is 0 Å². The van der Waals surface area contributed by atoms with Crippen molar-refractivity contribution in [2.75, 3.05) is 52.4 Å². The van der Waals surface area contributed by atoms with Crippen LogP contribution in [0.15, 0.2) is 30.6 Å². The summed E-state index contributed by atoms with van der Waals surface area (Å²) in [4.78, 5) is 25.4. The summed E-state index contributed by atoms with van der Waals surface area (Å²) in [5, 5.41) is 8.51. The molecular formula is C27H36N8O4. The van der Waals surface area contributed by atoms with Crippen LogP contribution in [0, 0.1) is 5.92 Å². The van der Waals surface area contributed by atoms with E-state index in [2.05, 4.69) is 20.4 Å². The van der Waals surface area contributed by atoms with Gasteiger partial charge in [0.25, 0.3) is 0 Å². The van der Waals surface area contributed by atoms with Crippen molar-refractivity contribution in [1.29, 1.82) is 0 Å². The van der Waals surface area contributed by atoms with Crippen LogP contribution in [0.25, 0.3) is 27.8 Å². The Morgan fingerprint density at radius 3 is 2.72 bits per heavy atom. The number of rotatable bonds is 12. The number of hydrogen-bond donors (Lipinski definition) is 4. The number of nitrogens with one attached hydrogen (secondary N) is 2. The zero-order chi connectivity index (χ0) is 27.2. The standard InChI is InChI=1S/C27H36N8O4/c1-37-21-4-2-3-19-15-20(33-22(19)21)23-24-25(29)31-16-32-35(24)26(34-23)17-5-7-18(8-6-17)27(36)30-10-12-39-14-13-38-11-9-28/h2-4,15-18,33H,5-14,28H2,1H3,(H,30,36)(H2,29,31,32)/t17-,18-. The third kappa shape index (κ3) is 5.82. The van der Waals surface area contributed by atoms with E-state index < -0.39 is 0 Å². The largest absolute Gasteiger partial charge is 0.495 e. The summed E-state index contributed by atoms with van der Waals surface area (Å²) < 4.78 is 18.1. The molecule has 1 aliphatic rings. The fourth-order valence-corrected chi connectivity index (χ4v) is 5.27. The van der Waals surface area contributed by atoms with Gasteiger partial charge in [-0.05, 0) is 37.8 Å². The summed E-state index contributed by atoms with van der Waals surface area (Å²) in [6, 6.07) is 7.92. The molecule has 1 fully saturated rings. The Labute approximate surface area is 226 Å². The lowest BCUT2D eigenvalue weighted by atomic mass is 9.81. The van der Waals surface area contributed by atoms with Crippen LogP contribution in [0.5, 0.6) is 5.75 Å². The van der Waals surface area contributed by atoms with Gasteiger partial charge < -0.3 is 36.0 Å². The second-order valence-electron chi connectivity index (χ2n) is 9.68. The molecule has 0 spiro atoms. The molecule has 12 heteroatoms. The van der Waals surface area contributed by atoms with Gasteiger partial charge in [-0.3, -0.25) is 4.79 Å². The lowest BCUT2D eigenvalue weighted by Gasteiger charge is -2.26. The molecule has 0 radical (unpaired) electrons. The first-order valence-corrected chi connectivity index (χ1v) is 13.4. The Kier molecular flexibility index (Phi) is 8.54. The number of ether oxygens (including phenoxy) is 3. The number of benzene rings is 1. The fourth-order valence-electron chi connectivity index (χ4n) is 5.27. The molecule has 5 rings (SSSR count). The van der Waals surface area contributed by atoms with Crippen LogP contribution in [0.4, 0.5) is 5.82 Å². The number of nitrogens with zero attached hydrogens (tertiary/aromatic N) is 4. The third-order valence-electron chi connectivity index (χ3n) is 7.22. The van der Waals surface area contributed by atoms with Gasteiger partial charge in [-0.2, -0.15) is 5.10 Å². The van der Waals surface area contributed by atoms with Crippen molar-refractivity contribution in [1.82, 2.24) is 29.9 Å². The molecule has 3 heterocycles. The van der Waals surface area contributed by atoms with Crippen LogP contribution in [0.1, 0.15) is 37.4 Å². The summed E-state index contributed by atoms with van der Waals surface area (Å²) in [7, 11) is 1.65. The van der Waals surface area contributed by atoms with Crippen LogP contribution in [0.3, 0.4) is 0 Å². The van der Waals surface area contributed by atoms with Crippen LogP contribution < -0.4 is 21.5 Å². The minimum atomic E-state index is -0.0271. The van der Waals surface area contributed by atoms with Crippen LogP contribution in [0.2, 0.25) is 0 Å². The number of H-pyrrole nitrogens is 1. The number of amides is 1. The molecule has 0 aliphatic heterocycles. The van der Waals surface area contributed by atoms with Gasteiger partial charge in [0.15, 0.2) is 5.82 Å². The number of nitrogens with two attached hydrogens (primary N) is 2. The zero-order valence-electron chi connectivity index (χ0n) is 22.2. The highest BCUT2D eigenvalue weighted by atomic mass is 16.5. The van der Waals surface area contributed by atoms with E-state index in [1.807, 2.05) is 24.3 Å². The molecule has 1 aliphatic carbocycles. The molecule has 0 atom stereocenters. The SMILES string of the molecule is COc1cccc2cc(-c3nc([C@H]4CC[C@H](C(=O)NCCOCCOCCN)CC4)n4ncnc(N)c34)[nH]c12. The highest BCUT2D eigenvalue weighted by Gasteiger charge is 2.31. The van der Waals surface area contributed by atoms with E-state index in [4.69, 9.17) is 30.7 Å². The third-order valence-corrected chi connectivity index (χ3v) is 7.22. The van der Waals surface area contributed by atoms with E-state index in [1.54, 1.807) is 11.6 Å². The number of methoxy groups -OCH3 is 1. The van der Waals surface area contributed by atoms with Crippen molar-refractivity contribution in [3.05, 3.63) is 36.4 Å². The van der Waals surface area contributed by atoms with Crippen molar-refractivity contribution in [3.8, 4) is 17.1 Å². The van der Waals surface area contributed by atoms with E-state index in [0.717, 1.165) is 53.9 Å². The molecule has 0 unspecified atom stereocenters. The first-order valence-electron chi connectivity index (χ1n) is 13.4. The Bertz CT molecular complexity index is 1410. The van der Waals surface area contributed by atoms with E-state index in [0.29, 0.717) is 56.5 Å². The van der Waals surface area contributed by atoms with Crippen molar-refractivity contribution < 1.29 is 19.0 Å². The molecule has 12 nitrogen and oxygen atoms in total. The first-order chi connectivity index (χ1) is 19.1. The minimum absolute atomic E-state index is 0.0271. The molecule has 1 saturated carbocycles. The monoisotopic (exact) mass is 536 g/mol. The number of aromatic nitrogens is 5. The summed E-state index contributed by atoms with van der Waals surface area (Å²) in [6.45, 7) is 2.95. The van der Waals surface area contributed by atoms with Crippen molar-refractivity contribution in [2.45, 2.75) is 31.6 Å². The lowest BCUT2D eigenvalue weighted by Crippen LogP contribution is -2.35. The summed E-state index contributed by atoms with van der Waals surface area (Å²) in [5.74, 6) is 2.16. The molecule has 1 aromatic carbocycles. The normalized spacial score (nSPS) is 17.6. The quantitative estimate of drug-likeness (QED) is 0.198. The van der Waals surface area contributed by atoms with E-state index in [9.17, 15) is 4.79 Å². The van der Waals surface area contributed by atoms with Crippen LogP contribution >= 0.6 is 0 Å². The smallest absolute Gasteiger partial charge is 0.223 e. The van der Waals surface area contributed by atoms with Crippen molar-refractivity contribution >= 4 is 28.1 Å². The molecule has 4 aromatic rings. The van der Waals surface area contributed by atoms with Gasteiger partial charge in [0, 0.05) is 30.3 Å². The fraction of sp³-hybridized carbons (Fsp3) is 0.481. The van der Waals surface area contributed by atoms with Crippen LogP contribution in [-0.4, -0.2) is 77.1 Å². The maximum Gasteiger partial charge on any atom is 0.223 e. The number of hydrogen-bond acceptors (Lipinski definition) is 9. The Morgan fingerprint density at radius 1 is 1.15 bits per heavy atom. The number of anilines is 1. The number of carbonyl (C=O) groups is 1. The van der Waals surface area contributed by atoms with Gasteiger partial charge in [0.2, 0.25) is 5.91 Å². The first kappa shape index (κ1) is 26.9. The van der Waals surface area contributed by atoms with E-state index in [-0.39, 0.29) is 17.7 Å². The number of para-hydroxylation sites is 1. The molecule has 0 bridgehead atoms. The van der Waals surface area contributed by atoms with Crippen molar-refractivity contribution in [2.24, 2.45) is 11.7 Å². The lowest BCUT2D eigenvalue weighted by molar-refractivity contribution is -0.126. The van der Waals surface area contributed by atoms with Gasteiger partial charge in [0.05, 0.1) is 44.7 Å². The molecule has 3 aromatic heterocycles. The number of nitrogen functional groups attached to an aromatic ring is 1. The number of aromatic amines is 1. The van der Waals surface area contributed by atoms with Gasteiger partial charge in [-0.25, -0.2) is 14.5 Å². The van der Waals surface area contributed by atoms with Gasteiger partial charge in [0.1, 0.15) is 29.1 Å². The number of imidazole rings is 1. The highest BCUT2D eigenvalue weighted by molar-refractivity contribution is 5.93. The van der Waals surface area contributed by atoms with Crippen LogP contribution in [-0.2, 0) is 14.3 Å². The maximum atomic E-state index is 12.7. The summed E-state index contributed by atoms with van der Waals surface area (Å²) >= 11 is 0. The molecule has 6 N–H and O–H groups in total. The molecule has 0 saturated heterocycles. The predicted octanol–water partition coefficient (Wildman–Crippen LogP) is 2.25. The predicted molar refractivity (Wildman–Crippen MR) is 147 cm³/mol. The van der Waals surface area contributed by atoms with E-state index >= 15 is 0 Å². The average molecular weight is 537 g/mol. The second-order valence-corrected chi connectivity index (χ2v) is 9.68. The second kappa shape index (κ2) is 12.4. The summed E-state index contributed by atoms with van der Waals surface area (Å²) in [5.41, 5.74) is 14.8. The number of fused-ring (bicyclic) bond motifs is 2. The van der Waals surface area contributed by atoms with Gasteiger partial charge >= 0.3 is 0 Å². The molecule has 1 amide bonds. The topological polar surface area (TPSA) is 168 Å². The maximum absolute atomic E-state index is 12.7. The average Bonchev–Trinajstić information content (AvgIpc) is 3.57. The molecular weight excluding hydrogens is 500 g/mol. The minimum Gasteiger partial charge on any atom is -0.495 e. The Hall–Kier alpha value is -3.74. The Balaban J connectivity index is 1.25. The van der Waals surface area contributed by atoms with Crippen molar-refractivity contribution in [3.63, 3.8) is 0 Å². The highest BCUT2D eigenvalue weighted by Crippen LogP contribution is 2.39. The van der Waals surface area contributed by atoms with Gasteiger partial charge in [-0.1, -0.05) is 12.1 Å². The molecule has 208 valence electrons. The van der Waals surface area contributed by atoms with E-state index in [1.165, 1.54) is 6.33 Å². The number of carbonyl (C=O) groups excluding carboxylic acids is 1. The molecule has 39 heavy (non-hydrogen) atoms. The summed E-state index contributed by atoms with van der Waals surface area (Å²) in [6.07, 6.45) is 4.67.